The van der Waals surface area contributed by atoms with Crippen LogP contribution >= 0.6 is 0 Å². The van der Waals surface area contributed by atoms with E-state index in [4.69, 9.17) is 9.39 Å². The predicted molar refractivity (Wildman–Crippen MR) is 127 cm³/mol. The molecule has 0 spiro atoms. The summed E-state index contributed by atoms with van der Waals surface area (Å²) in [5, 5.41) is 21.5. The molecule has 0 radical (unpaired) electrons. The minimum Gasteiger partial charge on any atom is -0.507 e. The van der Waals surface area contributed by atoms with Crippen molar-refractivity contribution in [2.75, 3.05) is 19.5 Å². The maximum Gasteiger partial charge on any atom is 0.456 e. The van der Waals surface area contributed by atoms with E-state index in [-0.39, 0.29) is 24.4 Å². The summed E-state index contributed by atoms with van der Waals surface area (Å²) < 4.78 is 36.4. The molecular weight excluding hydrogens is 427 g/mol. The van der Waals surface area contributed by atoms with Gasteiger partial charge in [-0.1, -0.05) is 48.9 Å². The molecule has 6 nitrogen and oxygen atoms in total. The first-order valence-electron chi connectivity index (χ1n) is 11.0. The highest BCUT2D eigenvalue weighted by molar-refractivity contribution is 7.92. The standard InChI is InChI=1S/C24H29BO6S/c1-3-16(12-17-9-10-21(26)20-7-5-4-6-19(17)20)8-11-22-24-18(14-30-2)15-32(28,29)23(24)13-25(27)31-22/h4-7,9-10,12,22-23,26-27H,3,8,11,13-15H2,1-2H3/b16-12+/t22-,23+/m1/s1. The Labute approximate surface area is 189 Å². The normalized spacial score (nSPS) is 23.1. The Morgan fingerprint density at radius 1 is 1.25 bits per heavy atom. The lowest BCUT2D eigenvalue weighted by atomic mass is 9.74. The Morgan fingerprint density at radius 2 is 2.00 bits per heavy atom. The molecule has 8 heteroatoms. The predicted octanol–water partition coefficient (Wildman–Crippen LogP) is 3.74. The molecule has 2 aromatic rings. The van der Waals surface area contributed by atoms with E-state index in [0.29, 0.717) is 12.8 Å². The van der Waals surface area contributed by atoms with Crippen molar-refractivity contribution in [3.05, 3.63) is 58.7 Å². The fourth-order valence-electron chi connectivity index (χ4n) is 4.90. The van der Waals surface area contributed by atoms with E-state index in [1.54, 1.807) is 13.2 Å². The van der Waals surface area contributed by atoms with Gasteiger partial charge in [0.05, 0.1) is 23.7 Å². The summed E-state index contributed by atoms with van der Waals surface area (Å²) in [5.41, 5.74) is 3.76. The average Bonchev–Trinajstić information content (AvgIpc) is 3.02. The molecule has 4 rings (SSSR count). The minimum absolute atomic E-state index is 0.0244. The molecule has 170 valence electrons. The molecule has 2 aliphatic heterocycles. The van der Waals surface area contributed by atoms with Crippen LogP contribution in [0.1, 0.15) is 31.7 Å². The second-order valence-corrected chi connectivity index (χ2v) is 10.7. The summed E-state index contributed by atoms with van der Waals surface area (Å²) in [7, 11) is -2.86. The molecule has 0 aromatic heterocycles. The molecule has 0 saturated carbocycles. The quantitative estimate of drug-likeness (QED) is 0.487. The first-order valence-corrected chi connectivity index (χ1v) is 12.7. The smallest absolute Gasteiger partial charge is 0.456 e. The second-order valence-electron chi connectivity index (χ2n) is 8.52. The molecule has 2 heterocycles. The van der Waals surface area contributed by atoms with Crippen LogP contribution in [0, 0.1) is 0 Å². The number of rotatable bonds is 7. The van der Waals surface area contributed by atoms with Gasteiger partial charge in [-0.15, -0.1) is 0 Å². The first kappa shape index (κ1) is 23.0. The van der Waals surface area contributed by atoms with Crippen molar-refractivity contribution >= 4 is 33.8 Å². The van der Waals surface area contributed by atoms with E-state index >= 15 is 0 Å². The summed E-state index contributed by atoms with van der Waals surface area (Å²) in [6.07, 6.45) is 3.89. The summed E-state index contributed by atoms with van der Waals surface area (Å²) in [6.45, 7) is 2.35. The van der Waals surface area contributed by atoms with Crippen LogP contribution in [-0.4, -0.2) is 56.5 Å². The lowest BCUT2D eigenvalue weighted by molar-refractivity contribution is 0.166. The van der Waals surface area contributed by atoms with E-state index in [0.717, 1.165) is 33.9 Å². The third-order valence-electron chi connectivity index (χ3n) is 6.44. The first-order chi connectivity index (χ1) is 15.3. The van der Waals surface area contributed by atoms with Gasteiger partial charge in [0.2, 0.25) is 0 Å². The van der Waals surface area contributed by atoms with Crippen molar-refractivity contribution in [1.29, 1.82) is 0 Å². The summed E-state index contributed by atoms with van der Waals surface area (Å²) in [4.78, 5) is 0. The van der Waals surface area contributed by atoms with Gasteiger partial charge in [-0.3, -0.25) is 0 Å². The lowest BCUT2D eigenvalue weighted by Gasteiger charge is -2.32. The maximum absolute atomic E-state index is 12.7. The topological polar surface area (TPSA) is 93.1 Å². The third-order valence-corrected chi connectivity index (χ3v) is 8.51. The summed E-state index contributed by atoms with van der Waals surface area (Å²) in [5.74, 6) is 0.232. The number of methoxy groups -OCH3 is 1. The molecule has 2 aromatic carbocycles. The van der Waals surface area contributed by atoms with Crippen LogP contribution in [0.5, 0.6) is 5.75 Å². The molecule has 32 heavy (non-hydrogen) atoms. The van der Waals surface area contributed by atoms with Crippen molar-refractivity contribution in [2.45, 2.75) is 43.9 Å². The van der Waals surface area contributed by atoms with Gasteiger partial charge >= 0.3 is 7.12 Å². The van der Waals surface area contributed by atoms with Crippen LogP contribution in [0.2, 0.25) is 6.32 Å². The fourth-order valence-corrected chi connectivity index (χ4v) is 7.00. The Kier molecular flexibility index (Phi) is 6.76. The number of benzene rings is 2. The number of sulfone groups is 1. The lowest BCUT2D eigenvalue weighted by Crippen LogP contribution is -2.42. The van der Waals surface area contributed by atoms with Crippen LogP contribution in [0.4, 0.5) is 0 Å². The molecule has 1 saturated heterocycles. The van der Waals surface area contributed by atoms with Crippen LogP contribution in [0.15, 0.2) is 53.1 Å². The largest absolute Gasteiger partial charge is 0.507 e. The van der Waals surface area contributed by atoms with Crippen molar-refractivity contribution < 1.29 is 27.9 Å². The monoisotopic (exact) mass is 456 g/mol. The maximum atomic E-state index is 12.7. The molecule has 0 amide bonds. The molecule has 2 N–H and O–H groups in total. The highest BCUT2D eigenvalue weighted by atomic mass is 32.2. The zero-order chi connectivity index (χ0) is 22.9. The van der Waals surface area contributed by atoms with E-state index in [1.807, 2.05) is 30.3 Å². The highest BCUT2D eigenvalue weighted by Gasteiger charge is 2.48. The van der Waals surface area contributed by atoms with Gasteiger partial charge in [0, 0.05) is 18.8 Å². The van der Waals surface area contributed by atoms with E-state index in [2.05, 4.69) is 13.0 Å². The fraction of sp³-hybridized carbons (Fsp3) is 0.417. The molecule has 0 aliphatic carbocycles. The highest BCUT2D eigenvalue weighted by Crippen LogP contribution is 2.40. The van der Waals surface area contributed by atoms with Gasteiger partial charge in [0.15, 0.2) is 9.84 Å². The zero-order valence-corrected chi connectivity index (χ0v) is 19.3. The van der Waals surface area contributed by atoms with Gasteiger partial charge in [-0.05, 0) is 47.4 Å². The molecule has 2 atom stereocenters. The molecule has 0 unspecified atom stereocenters. The Morgan fingerprint density at radius 3 is 2.72 bits per heavy atom. The minimum atomic E-state index is -3.34. The summed E-state index contributed by atoms with van der Waals surface area (Å²) in [6, 6.07) is 11.4. The van der Waals surface area contributed by atoms with Crippen molar-refractivity contribution in [1.82, 2.24) is 0 Å². The van der Waals surface area contributed by atoms with Gasteiger partial charge in [0.25, 0.3) is 0 Å². The van der Waals surface area contributed by atoms with Gasteiger partial charge in [-0.25, -0.2) is 8.42 Å². The van der Waals surface area contributed by atoms with Crippen LogP contribution < -0.4 is 0 Å². The van der Waals surface area contributed by atoms with E-state index in [9.17, 15) is 18.5 Å². The number of hydrogen-bond acceptors (Lipinski definition) is 6. The number of phenols is 1. The van der Waals surface area contributed by atoms with Crippen LogP contribution in [-0.2, 0) is 19.2 Å². The molecule has 2 aliphatic rings. The van der Waals surface area contributed by atoms with Gasteiger partial charge < -0.3 is 19.5 Å². The Bertz CT molecular complexity index is 1170. The van der Waals surface area contributed by atoms with Gasteiger partial charge in [-0.2, -0.15) is 0 Å². The number of ether oxygens (including phenoxy) is 1. The molecule has 1 fully saturated rings. The summed E-state index contributed by atoms with van der Waals surface area (Å²) >= 11 is 0. The molecule has 0 bridgehead atoms. The zero-order valence-electron chi connectivity index (χ0n) is 18.5. The number of phenolic OH excluding ortho intramolecular Hbond substituents is 1. The Hall–Kier alpha value is -2.13. The van der Waals surface area contributed by atoms with Crippen LogP contribution in [0.3, 0.4) is 0 Å². The van der Waals surface area contributed by atoms with Crippen molar-refractivity contribution in [2.24, 2.45) is 0 Å². The second kappa shape index (κ2) is 9.39. The molecular formula is C24H29BO6S. The number of hydrogen-bond donors (Lipinski definition) is 2. The van der Waals surface area contributed by atoms with Crippen LogP contribution in [0.25, 0.3) is 16.8 Å². The van der Waals surface area contributed by atoms with Crippen molar-refractivity contribution in [3.63, 3.8) is 0 Å². The average molecular weight is 456 g/mol. The third kappa shape index (κ3) is 4.50. The van der Waals surface area contributed by atoms with E-state index < -0.39 is 28.3 Å². The van der Waals surface area contributed by atoms with Crippen molar-refractivity contribution in [3.8, 4) is 5.75 Å². The Balaban J connectivity index is 1.60. The van der Waals surface area contributed by atoms with Gasteiger partial charge in [0.1, 0.15) is 5.75 Å². The van der Waals surface area contributed by atoms with E-state index in [1.165, 1.54) is 5.57 Å². The number of allylic oxidation sites excluding steroid dienone is 1. The number of fused-ring (bicyclic) bond motifs is 2. The SMILES string of the molecule is CC/C(=C\c1ccc(O)c2ccccc12)CC[C@H]1OB(O)C[C@H]2C1=C(COC)CS2(=O)=O. The number of aromatic hydroxyl groups is 1.